The highest BCUT2D eigenvalue weighted by Gasteiger charge is 2.21. The minimum atomic E-state index is 0.312. The Morgan fingerprint density at radius 1 is 0.900 bits per heavy atom. The second-order valence-corrected chi connectivity index (χ2v) is 8.29. The van der Waals surface area contributed by atoms with E-state index in [2.05, 4.69) is 6.92 Å². The van der Waals surface area contributed by atoms with Gasteiger partial charge in [0.15, 0.2) is 0 Å². The molecule has 118 valence electrons. The van der Waals surface area contributed by atoms with Gasteiger partial charge in [0.2, 0.25) is 0 Å². The van der Waals surface area contributed by atoms with Gasteiger partial charge in [-0.3, -0.25) is 4.79 Å². The van der Waals surface area contributed by atoms with Crippen molar-refractivity contribution in [3.8, 4) is 0 Å². The van der Waals surface area contributed by atoms with Crippen LogP contribution in [0.1, 0.15) is 77.6 Å². The molecule has 1 nitrogen and oxygen atoms in total. The van der Waals surface area contributed by atoms with Gasteiger partial charge in [0.1, 0.15) is 5.78 Å². The SMILES string of the molecule is CCCCCCCCCCCCC(=O)C1CSCCS1. The summed E-state index contributed by atoms with van der Waals surface area (Å²) in [4.78, 5) is 12.0. The summed E-state index contributed by atoms with van der Waals surface area (Å²) in [5.41, 5.74) is 0. The third kappa shape index (κ3) is 9.33. The van der Waals surface area contributed by atoms with Crippen LogP contribution in [0, 0.1) is 0 Å². The van der Waals surface area contributed by atoms with Crippen molar-refractivity contribution in [3.05, 3.63) is 0 Å². The van der Waals surface area contributed by atoms with Crippen LogP contribution in [0.25, 0.3) is 0 Å². The Bertz CT molecular complexity index is 237. The van der Waals surface area contributed by atoms with Crippen LogP contribution in [-0.2, 0) is 4.79 Å². The molecule has 0 spiro atoms. The maximum atomic E-state index is 12.0. The second-order valence-electron chi connectivity index (χ2n) is 5.83. The molecule has 1 fully saturated rings. The van der Waals surface area contributed by atoms with Gasteiger partial charge in [-0.05, 0) is 6.42 Å². The van der Waals surface area contributed by atoms with E-state index in [-0.39, 0.29) is 0 Å². The van der Waals surface area contributed by atoms with E-state index in [4.69, 9.17) is 0 Å². The Hall–Kier alpha value is 0.370. The minimum Gasteiger partial charge on any atom is -0.298 e. The first kappa shape index (κ1) is 18.4. The summed E-state index contributed by atoms with van der Waals surface area (Å²) >= 11 is 3.83. The smallest absolute Gasteiger partial charge is 0.146 e. The van der Waals surface area contributed by atoms with Gasteiger partial charge in [-0.15, -0.1) is 11.8 Å². The predicted octanol–water partition coefficient (Wildman–Crippen LogP) is 5.72. The summed E-state index contributed by atoms with van der Waals surface area (Å²) in [7, 11) is 0. The van der Waals surface area contributed by atoms with E-state index in [1.54, 1.807) is 0 Å². The van der Waals surface area contributed by atoms with Gasteiger partial charge in [0.25, 0.3) is 0 Å². The highest BCUT2D eigenvalue weighted by molar-refractivity contribution is 8.07. The van der Waals surface area contributed by atoms with Gasteiger partial charge in [-0.2, -0.15) is 11.8 Å². The van der Waals surface area contributed by atoms with Crippen LogP contribution in [0.15, 0.2) is 0 Å². The first-order valence-corrected chi connectivity index (χ1v) is 10.8. The number of unbranched alkanes of at least 4 members (excludes halogenated alkanes) is 9. The molecule has 0 radical (unpaired) electrons. The Balaban J connectivity index is 1.83. The molecule has 1 aliphatic rings. The van der Waals surface area contributed by atoms with Gasteiger partial charge in [0, 0.05) is 23.7 Å². The van der Waals surface area contributed by atoms with Crippen LogP contribution < -0.4 is 0 Å². The lowest BCUT2D eigenvalue weighted by atomic mass is 10.0. The maximum absolute atomic E-state index is 12.0. The summed E-state index contributed by atoms with van der Waals surface area (Å²) in [6, 6.07) is 0. The van der Waals surface area contributed by atoms with E-state index in [9.17, 15) is 4.79 Å². The zero-order valence-corrected chi connectivity index (χ0v) is 14.8. The fourth-order valence-corrected chi connectivity index (χ4v) is 5.31. The highest BCUT2D eigenvalue weighted by Crippen LogP contribution is 2.26. The summed E-state index contributed by atoms with van der Waals surface area (Å²) < 4.78 is 0. The molecule has 0 saturated carbocycles. The topological polar surface area (TPSA) is 17.1 Å². The molecule has 0 amide bonds. The molecule has 0 N–H and O–H groups in total. The zero-order valence-electron chi connectivity index (χ0n) is 13.2. The summed E-state index contributed by atoms with van der Waals surface area (Å²) in [6.07, 6.45) is 14.3. The first-order chi connectivity index (χ1) is 9.84. The van der Waals surface area contributed by atoms with E-state index in [0.717, 1.165) is 18.6 Å². The van der Waals surface area contributed by atoms with Gasteiger partial charge < -0.3 is 0 Å². The fourth-order valence-electron chi connectivity index (χ4n) is 2.62. The zero-order chi connectivity index (χ0) is 14.5. The average Bonchev–Trinajstić information content (AvgIpc) is 2.50. The van der Waals surface area contributed by atoms with Crippen LogP contribution in [-0.4, -0.2) is 28.3 Å². The largest absolute Gasteiger partial charge is 0.298 e. The number of carbonyl (C=O) groups is 1. The van der Waals surface area contributed by atoms with Crippen molar-refractivity contribution in [1.29, 1.82) is 0 Å². The molecule has 20 heavy (non-hydrogen) atoms. The van der Waals surface area contributed by atoms with E-state index in [1.165, 1.54) is 69.3 Å². The maximum Gasteiger partial charge on any atom is 0.146 e. The molecule has 0 aromatic carbocycles. The molecule has 3 heteroatoms. The Kier molecular flexibility index (Phi) is 12.0. The lowest BCUT2D eigenvalue weighted by Gasteiger charge is -2.19. The van der Waals surface area contributed by atoms with Crippen LogP contribution in [0.3, 0.4) is 0 Å². The normalized spacial score (nSPS) is 19.1. The van der Waals surface area contributed by atoms with Crippen molar-refractivity contribution >= 4 is 29.3 Å². The molecule has 1 atom stereocenters. The average molecular weight is 317 g/mol. The molecule has 1 aliphatic heterocycles. The molecular weight excluding hydrogens is 284 g/mol. The third-order valence-electron chi connectivity index (χ3n) is 3.95. The molecular formula is C17H32OS2. The summed E-state index contributed by atoms with van der Waals surface area (Å²) in [6.45, 7) is 2.27. The van der Waals surface area contributed by atoms with Crippen molar-refractivity contribution in [3.63, 3.8) is 0 Å². The van der Waals surface area contributed by atoms with E-state index < -0.39 is 0 Å². The lowest BCUT2D eigenvalue weighted by molar-refractivity contribution is -0.118. The Morgan fingerprint density at radius 2 is 1.50 bits per heavy atom. The van der Waals surface area contributed by atoms with Gasteiger partial charge in [-0.25, -0.2) is 0 Å². The second kappa shape index (κ2) is 13.1. The molecule has 0 bridgehead atoms. The molecule has 0 aliphatic carbocycles. The van der Waals surface area contributed by atoms with Crippen molar-refractivity contribution in [1.82, 2.24) is 0 Å². The predicted molar refractivity (Wildman–Crippen MR) is 95.0 cm³/mol. The molecule has 1 saturated heterocycles. The van der Waals surface area contributed by atoms with Crippen molar-refractivity contribution < 1.29 is 4.79 Å². The van der Waals surface area contributed by atoms with Crippen LogP contribution in [0.5, 0.6) is 0 Å². The van der Waals surface area contributed by atoms with Gasteiger partial charge in [0.05, 0.1) is 5.25 Å². The molecule has 0 aromatic heterocycles. The number of hydrogen-bond acceptors (Lipinski definition) is 3. The number of Topliss-reactive ketones (excluding diaryl/α,β-unsaturated/α-hetero) is 1. The molecule has 1 rings (SSSR count). The van der Waals surface area contributed by atoms with Crippen molar-refractivity contribution in [2.24, 2.45) is 0 Å². The van der Waals surface area contributed by atoms with Crippen molar-refractivity contribution in [2.75, 3.05) is 17.3 Å². The van der Waals surface area contributed by atoms with Gasteiger partial charge in [-0.1, -0.05) is 64.7 Å². The first-order valence-electron chi connectivity index (χ1n) is 8.56. The van der Waals surface area contributed by atoms with Crippen LogP contribution in [0.4, 0.5) is 0 Å². The lowest BCUT2D eigenvalue weighted by Crippen LogP contribution is -2.23. The third-order valence-corrected chi connectivity index (χ3v) is 6.75. The minimum absolute atomic E-state index is 0.312. The van der Waals surface area contributed by atoms with E-state index in [0.29, 0.717) is 11.0 Å². The fraction of sp³-hybridized carbons (Fsp3) is 0.941. The van der Waals surface area contributed by atoms with Crippen molar-refractivity contribution in [2.45, 2.75) is 82.8 Å². The standard InChI is InChI=1S/C17H32OS2/c1-2-3-4-5-6-7-8-9-10-11-12-16(18)17-15-19-13-14-20-17/h17H,2-15H2,1H3. The number of carbonyl (C=O) groups excluding carboxylic acids is 1. The summed E-state index contributed by atoms with van der Waals surface area (Å²) in [5, 5.41) is 0.312. The number of thioether (sulfide) groups is 2. The van der Waals surface area contributed by atoms with E-state index >= 15 is 0 Å². The van der Waals surface area contributed by atoms with E-state index in [1.807, 2.05) is 23.5 Å². The summed E-state index contributed by atoms with van der Waals surface area (Å²) in [5.74, 6) is 3.97. The molecule has 1 unspecified atom stereocenters. The quantitative estimate of drug-likeness (QED) is 0.429. The number of rotatable bonds is 12. The van der Waals surface area contributed by atoms with Crippen LogP contribution >= 0.6 is 23.5 Å². The molecule has 1 heterocycles. The Labute approximate surface area is 134 Å². The molecule has 0 aromatic rings. The monoisotopic (exact) mass is 316 g/mol. The Morgan fingerprint density at radius 3 is 2.05 bits per heavy atom. The number of hydrogen-bond donors (Lipinski definition) is 0. The van der Waals surface area contributed by atoms with Crippen LogP contribution in [0.2, 0.25) is 0 Å². The van der Waals surface area contributed by atoms with Gasteiger partial charge >= 0.3 is 0 Å². The number of ketones is 1. The highest BCUT2D eigenvalue weighted by atomic mass is 32.2.